The number of nitrogens with one attached hydrogen (secondary N) is 2. The Bertz CT molecular complexity index is 1570. The van der Waals surface area contributed by atoms with Gasteiger partial charge in [-0.15, -0.1) is 0 Å². The molecule has 1 fully saturated rings. The van der Waals surface area contributed by atoms with E-state index in [9.17, 15) is 58.6 Å². The summed E-state index contributed by atoms with van der Waals surface area (Å²) in [6.45, 7) is -1.84. The van der Waals surface area contributed by atoms with Crippen molar-refractivity contribution in [2.45, 2.75) is 42.8 Å². The molecule has 1 saturated heterocycles. The highest BCUT2D eigenvalue weighted by Crippen LogP contribution is 2.46. The molecule has 44 heavy (non-hydrogen) atoms. The second-order valence-electron chi connectivity index (χ2n) is 9.78. The molecule has 10 nitrogen and oxygen atoms in total. The molecule has 5 N–H and O–H groups in total. The van der Waals surface area contributed by atoms with Gasteiger partial charge in [0.05, 0.1) is 35.8 Å². The number of nitrogen functional groups attached to an aromatic ring is 1. The maximum atomic E-state index is 14.8. The van der Waals surface area contributed by atoms with Crippen molar-refractivity contribution in [3.63, 3.8) is 0 Å². The summed E-state index contributed by atoms with van der Waals surface area (Å²) in [5, 5.41) is 18.0. The lowest BCUT2D eigenvalue weighted by molar-refractivity contribution is -0.367. The SMILES string of the molecule is CNc1ccc(-c2cc(C(F)(F)F)c3c(N)ncnn23)cc1C(=O)N[C@@H]1CN(C(=O)CC(O)(C(F)(F)F)C(F)(F)F)C[C@@H]1F. The van der Waals surface area contributed by atoms with Crippen LogP contribution in [0.2, 0.25) is 0 Å². The Hall–Kier alpha value is -4.36. The van der Waals surface area contributed by atoms with Crippen molar-refractivity contribution in [2.24, 2.45) is 0 Å². The molecule has 1 aliphatic heterocycles. The highest BCUT2D eigenvalue weighted by atomic mass is 19.4. The largest absolute Gasteiger partial charge is 0.426 e. The molecule has 3 aromatic rings. The molecule has 0 saturated carbocycles. The van der Waals surface area contributed by atoms with Crippen molar-refractivity contribution in [1.82, 2.24) is 24.8 Å². The summed E-state index contributed by atoms with van der Waals surface area (Å²) in [6, 6.07) is 2.87. The van der Waals surface area contributed by atoms with E-state index in [1.807, 2.05) is 0 Å². The molecule has 20 heteroatoms. The fourth-order valence-corrected chi connectivity index (χ4v) is 4.64. The van der Waals surface area contributed by atoms with Crippen LogP contribution < -0.4 is 16.4 Å². The molecule has 2 amide bonds. The predicted octanol–water partition coefficient (Wildman–Crippen LogP) is 3.56. The lowest BCUT2D eigenvalue weighted by atomic mass is 9.97. The number of fused-ring (bicyclic) bond motifs is 1. The highest BCUT2D eigenvalue weighted by molar-refractivity contribution is 6.01. The summed E-state index contributed by atoms with van der Waals surface area (Å²) in [4.78, 5) is 29.3. The van der Waals surface area contributed by atoms with Crippen LogP contribution in [0.4, 0.5) is 55.4 Å². The number of alkyl halides is 10. The van der Waals surface area contributed by atoms with E-state index in [1.165, 1.54) is 19.2 Å². The van der Waals surface area contributed by atoms with Gasteiger partial charge in [0.2, 0.25) is 5.91 Å². The molecular formula is C24H21F10N7O3. The van der Waals surface area contributed by atoms with Gasteiger partial charge in [-0.25, -0.2) is 13.9 Å². The van der Waals surface area contributed by atoms with Gasteiger partial charge in [0, 0.05) is 24.8 Å². The van der Waals surface area contributed by atoms with Gasteiger partial charge in [-0.3, -0.25) is 9.59 Å². The molecule has 1 aromatic carbocycles. The molecule has 0 bridgehead atoms. The molecule has 3 heterocycles. The fraction of sp³-hybridized carbons (Fsp3) is 0.417. The first-order valence-electron chi connectivity index (χ1n) is 12.3. The second kappa shape index (κ2) is 11.0. The molecule has 0 unspecified atom stereocenters. The average molecular weight is 645 g/mol. The minimum atomic E-state index is -6.28. The molecule has 4 rings (SSSR count). The third-order valence-corrected chi connectivity index (χ3v) is 6.98. The van der Waals surface area contributed by atoms with Crippen LogP contribution in [0.25, 0.3) is 16.8 Å². The molecule has 240 valence electrons. The van der Waals surface area contributed by atoms with Crippen LogP contribution in [0.5, 0.6) is 0 Å². The molecule has 2 atom stereocenters. The standard InChI is InChI=1S/C24H21F10N7O3/c1-36-14-3-2-10(16-5-12(22(26,27)28)18-19(35)37-9-38-41(16)18)4-11(14)20(43)39-15-8-40(7-13(15)25)17(42)6-21(44,23(29,30)31)24(32,33)34/h2-5,9,13,15,36,44H,6-8H2,1H3,(H,39,43)(H2,35,37,38)/t13-,15+/m0/s1. The van der Waals surface area contributed by atoms with Gasteiger partial charge in [-0.05, 0) is 18.2 Å². The fourth-order valence-electron chi connectivity index (χ4n) is 4.64. The number of benzene rings is 1. The lowest BCUT2D eigenvalue weighted by Crippen LogP contribution is -2.59. The smallest absolute Gasteiger partial charge is 0.387 e. The quantitative estimate of drug-likeness (QED) is 0.301. The van der Waals surface area contributed by atoms with Crippen LogP contribution >= 0.6 is 0 Å². The first-order valence-corrected chi connectivity index (χ1v) is 12.3. The van der Waals surface area contributed by atoms with Crippen molar-refractivity contribution >= 4 is 28.8 Å². The summed E-state index contributed by atoms with van der Waals surface area (Å²) in [6.07, 6.45) is -21.1. The first kappa shape index (κ1) is 32.6. The van der Waals surface area contributed by atoms with E-state index in [2.05, 4.69) is 20.7 Å². The van der Waals surface area contributed by atoms with Crippen LogP contribution in [0.1, 0.15) is 22.3 Å². The van der Waals surface area contributed by atoms with Crippen molar-refractivity contribution < 1.29 is 58.6 Å². The van der Waals surface area contributed by atoms with Crippen LogP contribution in [-0.4, -0.2) is 86.7 Å². The number of likely N-dealkylation sites (tertiary alicyclic amines) is 1. The van der Waals surface area contributed by atoms with Gasteiger partial charge in [0.25, 0.3) is 11.5 Å². The Labute approximate surface area is 239 Å². The number of anilines is 2. The molecule has 0 radical (unpaired) electrons. The number of aromatic nitrogens is 3. The average Bonchev–Trinajstić information content (AvgIpc) is 3.48. The highest BCUT2D eigenvalue weighted by Gasteiger charge is 2.71. The maximum absolute atomic E-state index is 14.8. The van der Waals surface area contributed by atoms with Crippen molar-refractivity contribution in [2.75, 3.05) is 31.2 Å². The van der Waals surface area contributed by atoms with E-state index in [1.54, 1.807) is 0 Å². The normalized spacial score (nSPS) is 18.1. The van der Waals surface area contributed by atoms with E-state index in [0.29, 0.717) is 4.90 Å². The zero-order chi connectivity index (χ0) is 33.0. The van der Waals surface area contributed by atoms with E-state index in [0.717, 1.165) is 23.0 Å². The topological polar surface area (TPSA) is 138 Å². The number of rotatable bonds is 6. The van der Waals surface area contributed by atoms with Crippen molar-refractivity contribution in [3.8, 4) is 11.3 Å². The Balaban J connectivity index is 1.60. The maximum Gasteiger partial charge on any atom is 0.426 e. The third-order valence-electron chi connectivity index (χ3n) is 6.98. The summed E-state index contributed by atoms with van der Waals surface area (Å²) in [7, 11) is 1.38. The van der Waals surface area contributed by atoms with Gasteiger partial charge in [-0.2, -0.15) is 44.6 Å². The number of nitrogens with two attached hydrogens (primary N) is 1. The van der Waals surface area contributed by atoms with Crippen LogP contribution in [-0.2, 0) is 11.0 Å². The molecule has 0 spiro atoms. The van der Waals surface area contributed by atoms with Crippen LogP contribution in [0, 0.1) is 0 Å². The van der Waals surface area contributed by atoms with Crippen LogP contribution in [0.3, 0.4) is 0 Å². The number of aliphatic hydroxyl groups is 1. The Morgan fingerprint density at radius 3 is 2.25 bits per heavy atom. The van der Waals surface area contributed by atoms with Gasteiger partial charge >= 0.3 is 18.5 Å². The third kappa shape index (κ3) is 5.76. The predicted molar refractivity (Wildman–Crippen MR) is 132 cm³/mol. The first-order chi connectivity index (χ1) is 20.2. The van der Waals surface area contributed by atoms with Gasteiger partial charge in [0.15, 0.2) is 5.82 Å². The summed E-state index contributed by atoms with van der Waals surface area (Å²) >= 11 is 0. The number of nitrogens with zero attached hydrogens (tertiary/aromatic N) is 4. The molecule has 0 aliphatic carbocycles. The molecule has 2 aromatic heterocycles. The summed E-state index contributed by atoms with van der Waals surface area (Å²) < 4.78 is 135. The molecule has 1 aliphatic rings. The summed E-state index contributed by atoms with van der Waals surface area (Å²) in [5.41, 5.74) is -1.79. The second-order valence-corrected chi connectivity index (χ2v) is 9.78. The minimum Gasteiger partial charge on any atom is -0.387 e. The lowest BCUT2D eigenvalue weighted by Gasteiger charge is -2.32. The zero-order valence-corrected chi connectivity index (χ0v) is 22.1. The molecular weight excluding hydrogens is 624 g/mol. The van der Waals surface area contributed by atoms with E-state index in [-0.39, 0.29) is 22.5 Å². The van der Waals surface area contributed by atoms with Crippen molar-refractivity contribution in [3.05, 3.63) is 41.7 Å². The van der Waals surface area contributed by atoms with Crippen LogP contribution in [0.15, 0.2) is 30.6 Å². The van der Waals surface area contributed by atoms with E-state index < -0.39 is 84.6 Å². The van der Waals surface area contributed by atoms with E-state index in [4.69, 9.17) is 5.73 Å². The Kier molecular flexibility index (Phi) is 8.12. The number of amides is 2. The number of hydrogen-bond donors (Lipinski definition) is 4. The van der Waals surface area contributed by atoms with Gasteiger partial charge in [-0.1, -0.05) is 6.07 Å². The Morgan fingerprint density at radius 1 is 1.05 bits per heavy atom. The monoisotopic (exact) mass is 645 g/mol. The number of carbonyl (C=O) groups is 2. The van der Waals surface area contributed by atoms with Crippen molar-refractivity contribution in [1.29, 1.82) is 0 Å². The van der Waals surface area contributed by atoms with Gasteiger partial charge in [0.1, 0.15) is 18.0 Å². The minimum absolute atomic E-state index is 0.0105. The number of halogens is 10. The number of hydrogen-bond acceptors (Lipinski definition) is 7. The number of carbonyl (C=O) groups excluding carboxylic acids is 2. The van der Waals surface area contributed by atoms with E-state index >= 15 is 0 Å². The zero-order valence-electron chi connectivity index (χ0n) is 22.1. The van der Waals surface area contributed by atoms with Gasteiger partial charge < -0.3 is 26.4 Å². The Morgan fingerprint density at radius 2 is 1.68 bits per heavy atom. The summed E-state index contributed by atoms with van der Waals surface area (Å²) in [5.74, 6) is -3.41.